The normalized spacial score (nSPS) is 21.6. The summed E-state index contributed by atoms with van der Waals surface area (Å²) in [6.07, 6.45) is 2.40. The van der Waals surface area contributed by atoms with Crippen molar-refractivity contribution in [3.05, 3.63) is 0 Å². The lowest BCUT2D eigenvalue weighted by atomic mass is 10.1. The Morgan fingerprint density at radius 3 is 2.75 bits per heavy atom. The molecule has 2 N–H and O–H groups in total. The van der Waals surface area contributed by atoms with Crippen molar-refractivity contribution in [1.82, 2.24) is 15.5 Å². The third-order valence-electron chi connectivity index (χ3n) is 2.73. The number of nitrogens with zero attached hydrogens (tertiary/aromatic N) is 1. The van der Waals surface area contributed by atoms with Crippen LogP contribution in [0.3, 0.4) is 0 Å². The maximum Gasteiger partial charge on any atom is 0.234 e. The molecule has 4 nitrogen and oxygen atoms in total. The van der Waals surface area contributed by atoms with Gasteiger partial charge in [-0.3, -0.25) is 9.69 Å². The fourth-order valence-electron chi connectivity index (χ4n) is 2.01. The van der Waals surface area contributed by atoms with Gasteiger partial charge in [0.05, 0.1) is 6.54 Å². The van der Waals surface area contributed by atoms with Gasteiger partial charge in [0.1, 0.15) is 0 Å². The lowest BCUT2D eigenvalue weighted by molar-refractivity contribution is -0.123. The number of rotatable bonds is 4. The van der Waals surface area contributed by atoms with Crippen LogP contribution in [0.1, 0.15) is 26.7 Å². The van der Waals surface area contributed by atoms with Gasteiger partial charge in [0.25, 0.3) is 0 Å². The molecule has 0 radical (unpaired) electrons. The second-order valence-electron chi connectivity index (χ2n) is 4.59. The van der Waals surface area contributed by atoms with E-state index >= 15 is 0 Å². The molecule has 0 bridgehead atoms. The minimum absolute atomic E-state index is 0. The van der Waals surface area contributed by atoms with E-state index in [9.17, 15) is 4.79 Å². The third kappa shape index (κ3) is 5.68. The van der Waals surface area contributed by atoms with E-state index in [-0.39, 0.29) is 24.4 Å². The highest BCUT2D eigenvalue weighted by molar-refractivity contribution is 5.85. The van der Waals surface area contributed by atoms with Gasteiger partial charge >= 0.3 is 0 Å². The lowest BCUT2D eigenvalue weighted by Gasteiger charge is -2.32. The van der Waals surface area contributed by atoms with Gasteiger partial charge in [0.15, 0.2) is 0 Å². The van der Waals surface area contributed by atoms with Gasteiger partial charge in [-0.2, -0.15) is 0 Å². The second kappa shape index (κ2) is 7.87. The molecule has 1 rings (SSSR count). The topological polar surface area (TPSA) is 44.4 Å². The van der Waals surface area contributed by atoms with Crippen LogP contribution in [0.2, 0.25) is 0 Å². The number of halogens is 1. The summed E-state index contributed by atoms with van der Waals surface area (Å²) in [5.74, 6) is 0.141. The quantitative estimate of drug-likeness (QED) is 0.768. The number of amides is 1. The molecule has 1 amide bonds. The molecule has 96 valence electrons. The van der Waals surface area contributed by atoms with Gasteiger partial charge in [0.2, 0.25) is 5.91 Å². The number of likely N-dealkylation sites (tertiary alicyclic amines) is 1. The van der Waals surface area contributed by atoms with E-state index in [4.69, 9.17) is 0 Å². The highest BCUT2D eigenvalue weighted by Crippen LogP contribution is 2.08. The fraction of sp³-hybridized carbons (Fsp3) is 0.909. The first-order chi connectivity index (χ1) is 7.11. The van der Waals surface area contributed by atoms with Crippen molar-refractivity contribution < 1.29 is 4.79 Å². The minimum atomic E-state index is 0. The predicted octanol–water partition coefficient (Wildman–Crippen LogP) is 0.617. The van der Waals surface area contributed by atoms with Crippen LogP contribution < -0.4 is 10.6 Å². The van der Waals surface area contributed by atoms with Crippen molar-refractivity contribution in [3.8, 4) is 0 Å². The van der Waals surface area contributed by atoms with Crippen LogP contribution in [-0.2, 0) is 4.79 Å². The molecular weight excluding hydrogens is 226 g/mol. The first-order valence-corrected chi connectivity index (χ1v) is 5.80. The predicted molar refractivity (Wildman–Crippen MR) is 69.0 cm³/mol. The first-order valence-electron chi connectivity index (χ1n) is 5.80. The number of carbonyl (C=O) groups excluding carboxylic acids is 1. The summed E-state index contributed by atoms with van der Waals surface area (Å²) in [7, 11) is 1.99. The van der Waals surface area contributed by atoms with Crippen molar-refractivity contribution in [1.29, 1.82) is 0 Å². The highest BCUT2D eigenvalue weighted by atomic mass is 35.5. The van der Waals surface area contributed by atoms with E-state index in [2.05, 4.69) is 15.5 Å². The number of hydrogen-bond donors (Lipinski definition) is 2. The SMILES string of the molecule is CNC1CCCN(CC(=O)NC(C)C)C1.Cl. The Kier molecular flexibility index (Phi) is 7.72. The number of piperidine rings is 1. The maximum atomic E-state index is 11.5. The van der Waals surface area contributed by atoms with Gasteiger partial charge in [-0.15, -0.1) is 12.4 Å². The summed E-state index contributed by atoms with van der Waals surface area (Å²) >= 11 is 0. The molecule has 5 heteroatoms. The Morgan fingerprint density at radius 1 is 1.50 bits per heavy atom. The van der Waals surface area contributed by atoms with E-state index in [1.807, 2.05) is 20.9 Å². The Hall–Kier alpha value is -0.320. The van der Waals surface area contributed by atoms with E-state index < -0.39 is 0 Å². The smallest absolute Gasteiger partial charge is 0.234 e. The van der Waals surface area contributed by atoms with Crippen molar-refractivity contribution in [2.24, 2.45) is 0 Å². The Bertz CT molecular complexity index is 211. The zero-order valence-electron chi connectivity index (χ0n) is 10.5. The van der Waals surface area contributed by atoms with Crippen LogP contribution >= 0.6 is 12.4 Å². The number of nitrogens with one attached hydrogen (secondary N) is 2. The molecule has 16 heavy (non-hydrogen) atoms. The summed E-state index contributed by atoms with van der Waals surface area (Å²) in [4.78, 5) is 13.8. The molecule has 0 aromatic heterocycles. The van der Waals surface area contributed by atoms with E-state index in [0.717, 1.165) is 13.1 Å². The summed E-state index contributed by atoms with van der Waals surface area (Å²) < 4.78 is 0. The summed E-state index contributed by atoms with van der Waals surface area (Å²) in [6, 6.07) is 0.785. The summed E-state index contributed by atoms with van der Waals surface area (Å²) in [5.41, 5.74) is 0. The van der Waals surface area contributed by atoms with Gasteiger partial charge in [-0.05, 0) is 40.3 Å². The van der Waals surface area contributed by atoms with Crippen LogP contribution in [0.4, 0.5) is 0 Å². The standard InChI is InChI=1S/C11H23N3O.ClH/c1-9(2)13-11(15)8-14-6-4-5-10(7-14)12-3;/h9-10,12H,4-8H2,1-3H3,(H,13,15);1H. The third-order valence-corrected chi connectivity index (χ3v) is 2.73. The molecule has 1 saturated heterocycles. The lowest BCUT2D eigenvalue weighted by Crippen LogP contribution is -2.48. The molecule has 1 fully saturated rings. The van der Waals surface area contributed by atoms with Gasteiger partial charge in [0, 0.05) is 18.6 Å². The van der Waals surface area contributed by atoms with E-state index in [1.165, 1.54) is 12.8 Å². The van der Waals surface area contributed by atoms with Crippen LogP contribution in [0, 0.1) is 0 Å². The largest absolute Gasteiger partial charge is 0.353 e. The number of carbonyl (C=O) groups is 1. The Morgan fingerprint density at radius 2 is 2.19 bits per heavy atom. The Balaban J connectivity index is 0.00000225. The van der Waals surface area contributed by atoms with Gasteiger partial charge in [-0.1, -0.05) is 0 Å². The monoisotopic (exact) mass is 249 g/mol. The zero-order valence-corrected chi connectivity index (χ0v) is 11.3. The van der Waals surface area contributed by atoms with Crippen molar-refractivity contribution >= 4 is 18.3 Å². The second-order valence-corrected chi connectivity index (χ2v) is 4.59. The highest BCUT2D eigenvalue weighted by Gasteiger charge is 2.20. The van der Waals surface area contributed by atoms with E-state index in [1.54, 1.807) is 0 Å². The van der Waals surface area contributed by atoms with Crippen LogP contribution in [0.25, 0.3) is 0 Å². The molecular formula is C11H24ClN3O. The number of hydrogen-bond acceptors (Lipinski definition) is 3. The van der Waals surface area contributed by atoms with Crippen molar-refractivity contribution in [2.45, 2.75) is 38.8 Å². The minimum Gasteiger partial charge on any atom is -0.353 e. The molecule has 1 aliphatic rings. The summed E-state index contributed by atoms with van der Waals surface area (Å²) in [5, 5.41) is 6.20. The molecule has 1 unspecified atom stereocenters. The van der Waals surface area contributed by atoms with Gasteiger partial charge in [-0.25, -0.2) is 0 Å². The Labute approximate surface area is 105 Å². The molecule has 0 saturated carbocycles. The molecule has 0 spiro atoms. The van der Waals surface area contributed by atoms with Crippen molar-refractivity contribution in [3.63, 3.8) is 0 Å². The zero-order chi connectivity index (χ0) is 11.3. The maximum absolute atomic E-state index is 11.5. The molecule has 1 heterocycles. The molecule has 1 atom stereocenters. The first kappa shape index (κ1) is 15.7. The van der Waals surface area contributed by atoms with E-state index in [0.29, 0.717) is 12.6 Å². The van der Waals surface area contributed by atoms with Crippen LogP contribution in [-0.4, -0.2) is 49.6 Å². The number of likely N-dealkylation sites (N-methyl/N-ethyl adjacent to an activating group) is 1. The molecule has 1 aliphatic heterocycles. The average Bonchev–Trinajstić information content (AvgIpc) is 2.16. The fourth-order valence-corrected chi connectivity index (χ4v) is 2.01. The van der Waals surface area contributed by atoms with Crippen LogP contribution in [0.5, 0.6) is 0 Å². The van der Waals surface area contributed by atoms with Crippen LogP contribution in [0.15, 0.2) is 0 Å². The molecule has 0 aromatic carbocycles. The molecule has 0 aliphatic carbocycles. The van der Waals surface area contributed by atoms with Crippen molar-refractivity contribution in [2.75, 3.05) is 26.7 Å². The summed E-state index contributed by atoms with van der Waals surface area (Å²) in [6.45, 7) is 6.55. The molecule has 0 aromatic rings. The average molecular weight is 250 g/mol. The van der Waals surface area contributed by atoms with Gasteiger partial charge < -0.3 is 10.6 Å².